The molecule has 2 heterocycles. The molecule has 2 amide bonds. The summed E-state index contributed by atoms with van der Waals surface area (Å²) in [6.07, 6.45) is 10.7. The summed E-state index contributed by atoms with van der Waals surface area (Å²) in [6, 6.07) is 2.93. The van der Waals surface area contributed by atoms with E-state index in [2.05, 4.69) is 10.5 Å². The Morgan fingerprint density at radius 2 is 1.78 bits per heavy atom. The number of piperidine rings is 1. The summed E-state index contributed by atoms with van der Waals surface area (Å²) in [4.78, 5) is 45.9. The molecule has 13 heteroatoms. The van der Waals surface area contributed by atoms with Crippen LogP contribution in [-0.2, 0) is 35.1 Å². The van der Waals surface area contributed by atoms with Gasteiger partial charge < -0.3 is 38.7 Å². The number of carbonyl (C=O) groups excluding carboxylic acids is 3. The predicted octanol–water partition coefficient (Wildman–Crippen LogP) is 4.53. The summed E-state index contributed by atoms with van der Waals surface area (Å²) < 4.78 is 28.3. The molecule has 12 nitrogen and oxygen atoms in total. The Balaban J connectivity index is 2.02. The van der Waals surface area contributed by atoms with E-state index in [1.54, 1.807) is 30.0 Å². The third kappa shape index (κ3) is 12.6. The van der Waals surface area contributed by atoms with Crippen LogP contribution in [0.15, 0.2) is 41.6 Å². The smallest absolute Gasteiger partial charge is 0.342 e. The molecular weight excluding hydrogens is 618 g/mol. The SMILES string of the molecule is CCOCOc1cc2c(c(OCOCC)c1)C(=O)O[C@H](C)C/C=C/[C@H](NC(=O)CCl)C/C=C/C(=N\OCC(=O)N1CCCCC1)C2. The number of oxime groups is 1. The van der Waals surface area contributed by atoms with E-state index in [1.807, 2.05) is 32.1 Å². The molecular formula is C33H46ClN3O9. The first-order valence-electron chi connectivity index (χ1n) is 15.8. The zero-order chi connectivity index (χ0) is 33.1. The van der Waals surface area contributed by atoms with Crippen molar-refractivity contribution in [1.29, 1.82) is 0 Å². The van der Waals surface area contributed by atoms with E-state index in [4.69, 9.17) is 40.1 Å². The van der Waals surface area contributed by atoms with Gasteiger partial charge in [-0.1, -0.05) is 23.4 Å². The Labute approximate surface area is 276 Å². The Kier molecular flexibility index (Phi) is 16.4. The van der Waals surface area contributed by atoms with Crippen molar-refractivity contribution in [3.8, 4) is 11.5 Å². The number of allylic oxidation sites excluding steroid dienone is 1. The summed E-state index contributed by atoms with van der Waals surface area (Å²) in [5.41, 5.74) is 1.09. The number of esters is 1. The molecule has 0 unspecified atom stereocenters. The number of alkyl halides is 1. The molecule has 46 heavy (non-hydrogen) atoms. The number of nitrogens with one attached hydrogen (secondary N) is 1. The van der Waals surface area contributed by atoms with Crippen molar-refractivity contribution in [2.45, 2.75) is 71.4 Å². The number of likely N-dealkylation sites (tertiary alicyclic amines) is 1. The van der Waals surface area contributed by atoms with Gasteiger partial charge in [-0.15, -0.1) is 11.6 Å². The fourth-order valence-corrected chi connectivity index (χ4v) is 4.90. The molecule has 1 aromatic carbocycles. The van der Waals surface area contributed by atoms with E-state index in [0.717, 1.165) is 19.3 Å². The number of rotatable bonds is 13. The summed E-state index contributed by atoms with van der Waals surface area (Å²) in [6.45, 7) is 7.41. The van der Waals surface area contributed by atoms with Crippen molar-refractivity contribution in [2.75, 3.05) is 52.4 Å². The van der Waals surface area contributed by atoms with Crippen molar-refractivity contribution in [1.82, 2.24) is 10.2 Å². The number of nitrogens with zero attached hydrogens (tertiary/aromatic N) is 2. The van der Waals surface area contributed by atoms with Crippen LogP contribution in [0.25, 0.3) is 0 Å². The van der Waals surface area contributed by atoms with Crippen molar-refractivity contribution < 1.29 is 42.9 Å². The minimum atomic E-state index is -0.604. The van der Waals surface area contributed by atoms with Gasteiger partial charge in [0.2, 0.25) is 5.91 Å². The van der Waals surface area contributed by atoms with Gasteiger partial charge in [0.05, 0.1) is 11.8 Å². The van der Waals surface area contributed by atoms with Crippen LogP contribution in [0, 0.1) is 0 Å². The minimum absolute atomic E-state index is 0.00795. The van der Waals surface area contributed by atoms with Gasteiger partial charge in [0.1, 0.15) is 29.0 Å². The Morgan fingerprint density at radius 3 is 2.50 bits per heavy atom. The van der Waals surface area contributed by atoms with Gasteiger partial charge in [-0.2, -0.15) is 0 Å². The first-order valence-corrected chi connectivity index (χ1v) is 16.3. The molecule has 0 aliphatic carbocycles. The molecule has 0 radical (unpaired) electrons. The normalized spacial score (nSPS) is 21.3. The Morgan fingerprint density at radius 1 is 1.04 bits per heavy atom. The molecule has 2 aliphatic rings. The summed E-state index contributed by atoms with van der Waals surface area (Å²) in [5.74, 6) is -0.618. The lowest BCUT2D eigenvalue weighted by Gasteiger charge is -2.26. The topological polar surface area (TPSA) is 134 Å². The number of halogens is 1. The van der Waals surface area contributed by atoms with E-state index >= 15 is 0 Å². The molecule has 254 valence electrons. The fraction of sp³-hybridized carbons (Fsp3) is 0.576. The highest BCUT2D eigenvalue weighted by atomic mass is 35.5. The highest BCUT2D eigenvalue weighted by Crippen LogP contribution is 2.32. The monoisotopic (exact) mass is 663 g/mol. The van der Waals surface area contributed by atoms with E-state index in [0.29, 0.717) is 56.2 Å². The summed E-state index contributed by atoms with van der Waals surface area (Å²) in [7, 11) is 0. The molecule has 1 aromatic rings. The molecule has 0 bridgehead atoms. The number of amides is 2. The minimum Gasteiger partial charge on any atom is -0.467 e. The fourth-order valence-electron chi connectivity index (χ4n) is 4.82. The van der Waals surface area contributed by atoms with Gasteiger partial charge in [-0.25, -0.2) is 4.79 Å². The average molecular weight is 664 g/mol. The average Bonchev–Trinajstić information content (AvgIpc) is 3.04. The molecule has 0 aromatic heterocycles. The molecule has 2 atom stereocenters. The third-order valence-electron chi connectivity index (χ3n) is 7.14. The molecule has 2 aliphatic heterocycles. The standard InChI is InChI=1S/C33H46ClN3O9/c1-4-41-22-43-28-18-25-17-27(36-45-21-31(39)37-15-7-6-8-16-37)14-10-13-26(35-30(38)20-34)12-9-11-24(3)46-33(40)32(25)29(19-28)44-23-42-5-2/h9-10,12,14,18-19,24,26H,4-8,11,13,15-17,20-23H2,1-3H3,(H,35,38)/b12-9+,14-10+,36-27+/t24-,26+/m1/s1. The highest BCUT2D eigenvalue weighted by molar-refractivity contribution is 6.27. The van der Waals surface area contributed by atoms with Gasteiger partial charge in [0.25, 0.3) is 5.91 Å². The maximum absolute atomic E-state index is 13.7. The molecule has 1 saturated heterocycles. The van der Waals surface area contributed by atoms with Crippen LogP contribution < -0.4 is 14.8 Å². The van der Waals surface area contributed by atoms with Gasteiger partial charge in [0.15, 0.2) is 20.2 Å². The van der Waals surface area contributed by atoms with Crippen LogP contribution in [0.1, 0.15) is 68.8 Å². The third-order valence-corrected chi connectivity index (χ3v) is 7.38. The first-order chi connectivity index (χ1) is 22.3. The number of ether oxygens (including phenoxy) is 5. The van der Waals surface area contributed by atoms with Crippen LogP contribution in [-0.4, -0.2) is 92.9 Å². The van der Waals surface area contributed by atoms with Gasteiger partial charge in [0, 0.05) is 45.2 Å². The Hall–Kier alpha value is -3.61. The van der Waals surface area contributed by atoms with Crippen LogP contribution in [0.5, 0.6) is 11.5 Å². The number of benzene rings is 1. The molecule has 0 spiro atoms. The highest BCUT2D eigenvalue weighted by Gasteiger charge is 2.25. The zero-order valence-corrected chi connectivity index (χ0v) is 27.7. The summed E-state index contributed by atoms with van der Waals surface area (Å²) in [5, 5.41) is 7.18. The largest absolute Gasteiger partial charge is 0.467 e. The second kappa shape index (κ2) is 20.5. The molecule has 1 fully saturated rings. The number of cyclic esters (lactones) is 1. The van der Waals surface area contributed by atoms with Crippen molar-refractivity contribution in [2.24, 2.45) is 5.16 Å². The number of fused-ring (bicyclic) bond motifs is 1. The zero-order valence-electron chi connectivity index (χ0n) is 27.0. The van der Waals surface area contributed by atoms with E-state index in [9.17, 15) is 14.4 Å². The second-order valence-electron chi connectivity index (χ2n) is 10.8. The first kappa shape index (κ1) is 36.9. The maximum atomic E-state index is 13.7. The number of carbonyl (C=O) groups is 3. The quantitative estimate of drug-likeness (QED) is 0.0807. The lowest BCUT2D eigenvalue weighted by molar-refractivity contribution is -0.137. The number of hydrogen-bond acceptors (Lipinski definition) is 10. The van der Waals surface area contributed by atoms with E-state index < -0.39 is 12.1 Å². The summed E-state index contributed by atoms with van der Waals surface area (Å²) >= 11 is 5.73. The van der Waals surface area contributed by atoms with Crippen molar-refractivity contribution in [3.05, 3.63) is 47.6 Å². The van der Waals surface area contributed by atoms with Gasteiger partial charge in [-0.3, -0.25) is 9.59 Å². The van der Waals surface area contributed by atoms with Crippen LogP contribution in [0.2, 0.25) is 0 Å². The van der Waals surface area contributed by atoms with E-state index in [1.165, 1.54) is 0 Å². The predicted molar refractivity (Wildman–Crippen MR) is 173 cm³/mol. The van der Waals surface area contributed by atoms with E-state index in [-0.39, 0.29) is 61.7 Å². The lowest BCUT2D eigenvalue weighted by atomic mass is 9.99. The van der Waals surface area contributed by atoms with Crippen LogP contribution in [0.4, 0.5) is 0 Å². The van der Waals surface area contributed by atoms with Crippen LogP contribution in [0.3, 0.4) is 0 Å². The molecule has 0 saturated carbocycles. The maximum Gasteiger partial charge on any atom is 0.342 e. The van der Waals surface area contributed by atoms with Gasteiger partial charge >= 0.3 is 5.97 Å². The molecule has 3 rings (SSSR count). The van der Waals surface area contributed by atoms with Gasteiger partial charge in [-0.05, 0) is 64.2 Å². The lowest BCUT2D eigenvalue weighted by Crippen LogP contribution is -2.37. The number of hydrogen-bond donors (Lipinski definition) is 1. The van der Waals surface area contributed by atoms with Crippen molar-refractivity contribution >= 4 is 35.1 Å². The van der Waals surface area contributed by atoms with Crippen molar-refractivity contribution in [3.63, 3.8) is 0 Å². The van der Waals surface area contributed by atoms with Crippen LogP contribution >= 0.6 is 11.6 Å². The second-order valence-corrected chi connectivity index (χ2v) is 11.0. The Bertz CT molecular complexity index is 1230. The molecule has 1 N–H and O–H groups in total.